The molecule has 0 fully saturated rings. The summed E-state index contributed by atoms with van der Waals surface area (Å²) in [5.41, 5.74) is 0.0192. The van der Waals surface area contributed by atoms with Crippen LogP contribution in [0.4, 0.5) is 11.4 Å². The molecule has 0 saturated carbocycles. The zero-order valence-corrected chi connectivity index (χ0v) is 15.1. The predicted molar refractivity (Wildman–Crippen MR) is 96.6 cm³/mol. The maximum absolute atomic E-state index is 12.0. The van der Waals surface area contributed by atoms with Gasteiger partial charge in [-0.3, -0.25) is 14.9 Å². The fraction of sp³-hybridized carbons (Fsp3) is 0.176. The van der Waals surface area contributed by atoms with Gasteiger partial charge >= 0.3 is 5.97 Å². The summed E-state index contributed by atoms with van der Waals surface area (Å²) in [7, 11) is 2.93. The number of ether oxygens (including phenoxy) is 3. The van der Waals surface area contributed by atoms with Gasteiger partial charge in [-0.2, -0.15) is 0 Å². The molecule has 0 aliphatic rings. The Balaban J connectivity index is 1.99. The van der Waals surface area contributed by atoms with E-state index < -0.39 is 23.4 Å². The van der Waals surface area contributed by atoms with Crippen molar-refractivity contribution in [1.82, 2.24) is 0 Å². The molecule has 2 aromatic carbocycles. The number of rotatable bonds is 7. The number of methoxy groups -OCH3 is 2. The smallest absolute Gasteiger partial charge is 0.340 e. The molecule has 0 aliphatic heterocycles. The van der Waals surface area contributed by atoms with E-state index >= 15 is 0 Å². The van der Waals surface area contributed by atoms with Gasteiger partial charge in [0.2, 0.25) is 0 Å². The molecule has 1 N–H and O–H groups in total. The number of esters is 1. The van der Waals surface area contributed by atoms with Crippen LogP contribution in [0.2, 0.25) is 5.02 Å². The van der Waals surface area contributed by atoms with Crippen LogP contribution in [0.3, 0.4) is 0 Å². The highest BCUT2D eigenvalue weighted by molar-refractivity contribution is 6.33. The van der Waals surface area contributed by atoms with Crippen molar-refractivity contribution in [3.05, 3.63) is 57.1 Å². The average molecular weight is 395 g/mol. The molecule has 9 nitrogen and oxygen atoms in total. The van der Waals surface area contributed by atoms with Gasteiger partial charge in [0, 0.05) is 18.2 Å². The molecule has 0 heterocycles. The number of nitro benzene ring substituents is 1. The number of carbonyl (C=O) groups excluding carboxylic acids is 2. The van der Waals surface area contributed by atoms with Crippen LogP contribution < -0.4 is 14.8 Å². The second-order valence-corrected chi connectivity index (χ2v) is 5.52. The fourth-order valence-corrected chi connectivity index (χ4v) is 2.33. The largest absolute Gasteiger partial charge is 0.497 e. The summed E-state index contributed by atoms with van der Waals surface area (Å²) in [6.07, 6.45) is 0. The van der Waals surface area contributed by atoms with E-state index in [0.29, 0.717) is 17.2 Å². The highest BCUT2D eigenvalue weighted by Crippen LogP contribution is 2.29. The van der Waals surface area contributed by atoms with Gasteiger partial charge in [0.1, 0.15) is 11.5 Å². The lowest BCUT2D eigenvalue weighted by molar-refractivity contribution is -0.384. The Kier molecular flexibility index (Phi) is 6.56. The molecule has 27 heavy (non-hydrogen) atoms. The van der Waals surface area contributed by atoms with Crippen molar-refractivity contribution < 1.29 is 28.7 Å². The molecule has 142 valence electrons. The van der Waals surface area contributed by atoms with E-state index in [1.807, 2.05) is 0 Å². The van der Waals surface area contributed by atoms with E-state index in [4.69, 9.17) is 25.8 Å². The van der Waals surface area contributed by atoms with Gasteiger partial charge in [0.25, 0.3) is 11.6 Å². The molecule has 0 atom stereocenters. The van der Waals surface area contributed by atoms with Crippen molar-refractivity contribution >= 4 is 34.9 Å². The molecule has 10 heteroatoms. The molecule has 0 unspecified atom stereocenters. The van der Waals surface area contributed by atoms with Crippen LogP contribution in [0.25, 0.3) is 0 Å². The van der Waals surface area contributed by atoms with Gasteiger partial charge in [0.15, 0.2) is 6.61 Å². The van der Waals surface area contributed by atoms with Gasteiger partial charge in [-0.05, 0) is 18.2 Å². The minimum Gasteiger partial charge on any atom is -0.497 e. The molecule has 0 bridgehead atoms. The average Bonchev–Trinajstić information content (AvgIpc) is 2.66. The summed E-state index contributed by atoms with van der Waals surface area (Å²) in [6.45, 7) is -0.582. The topological polar surface area (TPSA) is 117 Å². The minimum atomic E-state index is -0.883. The first-order valence-corrected chi connectivity index (χ1v) is 7.86. The van der Waals surface area contributed by atoms with Gasteiger partial charge in [-0.25, -0.2) is 4.79 Å². The van der Waals surface area contributed by atoms with Crippen molar-refractivity contribution in [3.8, 4) is 11.5 Å². The van der Waals surface area contributed by atoms with E-state index in [2.05, 4.69) is 5.32 Å². The second-order valence-electron chi connectivity index (χ2n) is 5.11. The maximum atomic E-state index is 12.0. The monoisotopic (exact) mass is 394 g/mol. The predicted octanol–water partition coefficient (Wildman–Crippen LogP) is 3.06. The number of nitrogens with zero attached hydrogens (tertiary/aromatic N) is 1. The molecule has 2 aromatic rings. The summed E-state index contributed by atoms with van der Waals surface area (Å²) in [6, 6.07) is 8.09. The van der Waals surface area contributed by atoms with Crippen LogP contribution in [-0.4, -0.2) is 37.6 Å². The number of nitro groups is 1. The first kappa shape index (κ1) is 20.0. The first-order valence-electron chi connectivity index (χ1n) is 7.48. The van der Waals surface area contributed by atoms with Gasteiger partial charge in [-0.15, -0.1) is 0 Å². The molecule has 2 rings (SSSR count). The van der Waals surface area contributed by atoms with Crippen molar-refractivity contribution in [3.63, 3.8) is 0 Å². The van der Waals surface area contributed by atoms with E-state index in [-0.39, 0.29) is 16.3 Å². The first-order chi connectivity index (χ1) is 12.8. The number of nitrogens with one attached hydrogen (secondary N) is 1. The van der Waals surface area contributed by atoms with E-state index in [1.165, 1.54) is 14.2 Å². The van der Waals surface area contributed by atoms with E-state index in [9.17, 15) is 19.7 Å². The SMILES string of the molecule is COc1ccc(NC(=O)COC(=O)c2ccc([N+](=O)[O-])cc2Cl)c(OC)c1. The lowest BCUT2D eigenvalue weighted by atomic mass is 10.2. The van der Waals surface area contributed by atoms with Crippen LogP contribution in [0.15, 0.2) is 36.4 Å². The van der Waals surface area contributed by atoms with Crippen molar-refractivity contribution in [2.24, 2.45) is 0 Å². The summed E-state index contributed by atoms with van der Waals surface area (Å²) in [5.74, 6) is -0.576. The quantitative estimate of drug-likeness (QED) is 0.435. The highest BCUT2D eigenvalue weighted by atomic mass is 35.5. The number of carbonyl (C=O) groups is 2. The third-order valence-corrected chi connectivity index (χ3v) is 3.71. The van der Waals surface area contributed by atoms with Gasteiger partial charge < -0.3 is 19.5 Å². The van der Waals surface area contributed by atoms with Crippen LogP contribution in [-0.2, 0) is 9.53 Å². The van der Waals surface area contributed by atoms with Crippen LogP contribution in [0.5, 0.6) is 11.5 Å². The molecule has 0 spiro atoms. The summed E-state index contributed by atoms with van der Waals surface area (Å²) in [4.78, 5) is 34.0. The van der Waals surface area contributed by atoms with E-state index in [0.717, 1.165) is 18.2 Å². The number of hydrogen-bond acceptors (Lipinski definition) is 7. The number of benzene rings is 2. The summed E-state index contributed by atoms with van der Waals surface area (Å²) < 4.78 is 15.1. The Morgan fingerprint density at radius 3 is 2.48 bits per heavy atom. The Morgan fingerprint density at radius 1 is 1.15 bits per heavy atom. The molecule has 0 radical (unpaired) electrons. The molecule has 0 aliphatic carbocycles. The Morgan fingerprint density at radius 2 is 1.89 bits per heavy atom. The second kappa shape index (κ2) is 8.86. The highest BCUT2D eigenvalue weighted by Gasteiger charge is 2.17. The number of non-ortho nitro benzene ring substituents is 1. The summed E-state index contributed by atoms with van der Waals surface area (Å²) in [5, 5.41) is 13.1. The summed E-state index contributed by atoms with van der Waals surface area (Å²) >= 11 is 5.85. The minimum absolute atomic E-state index is 0.0860. The van der Waals surface area contributed by atoms with Crippen LogP contribution in [0, 0.1) is 10.1 Å². The molecular weight excluding hydrogens is 380 g/mol. The number of amides is 1. The zero-order valence-electron chi connectivity index (χ0n) is 14.4. The Hall–Kier alpha value is -3.33. The zero-order chi connectivity index (χ0) is 20.0. The van der Waals surface area contributed by atoms with Gasteiger partial charge in [-0.1, -0.05) is 11.6 Å². The molecule has 0 aromatic heterocycles. The molecule has 0 saturated heterocycles. The van der Waals surface area contributed by atoms with Crippen LogP contribution in [0.1, 0.15) is 10.4 Å². The third kappa shape index (κ3) is 5.08. The lowest BCUT2D eigenvalue weighted by Gasteiger charge is -2.12. The number of halogens is 1. The number of hydrogen-bond donors (Lipinski definition) is 1. The maximum Gasteiger partial charge on any atom is 0.340 e. The molecule has 1 amide bonds. The normalized spacial score (nSPS) is 10.0. The molecular formula is C17H15ClN2O7. The fourth-order valence-electron chi connectivity index (χ4n) is 2.08. The van der Waals surface area contributed by atoms with Crippen LogP contribution >= 0.6 is 11.6 Å². The van der Waals surface area contributed by atoms with Crippen molar-refractivity contribution in [1.29, 1.82) is 0 Å². The van der Waals surface area contributed by atoms with Gasteiger partial charge in [0.05, 0.1) is 35.4 Å². The van der Waals surface area contributed by atoms with Crippen molar-refractivity contribution in [2.75, 3.05) is 26.1 Å². The standard InChI is InChI=1S/C17H15ClN2O7/c1-25-11-4-6-14(15(8-11)26-2)19-16(21)9-27-17(22)12-5-3-10(20(23)24)7-13(12)18/h3-8H,9H2,1-2H3,(H,19,21). The third-order valence-electron chi connectivity index (χ3n) is 3.40. The lowest BCUT2D eigenvalue weighted by Crippen LogP contribution is -2.21. The van der Waals surface area contributed by atoms with Crippen molar-refractivity contribution in [2.45, 2.75) is 0 Å². The Bertz CT molecular complexity index is 886. The Labute approximate surface area is 158 Å². The number of anilines is 1. The van der Waals surface area contributed by atoms with E-state index in [1.54, 1.807) is 18.2 Å².